The maximum atomic E-state index is 10.6. The molecule has 0 aliphatic carbocycles. The van der Waals surface area contributed by atoms with Crippen molar-refractivity contribution < 1.29 is 20.0 Å². The van der Waals surface area contributed by atoms with Crippen LogP contribution in [0.2, 0.25) is 0 Å². The van der Waals surface area contributed by atoms with Crippen molar-refractivity contribution in [2.75, 3.05) is 0 Å². The lowest BCUT2D eigenvalue weighted by atomic mass is 10.0. The predicted molar refractivity (Wildman–Crippen MR) is 98.5 cm³/mol. The minimum atomic E-state index is -0.803. The molecule has 0 radical (unpaired) electrons. The van der Waals surface area contributed by atoms with Crippen molar-refractivity contribution >= 4 is 5.97 Å². The van der Waals surface area contributed by atoms with E-state index in [1.807, 2.05) is 24.3 Å². The number of aliphatic hydroxyl groups is 1. The summed E-state index contributed by atoms with van der Waals surface area (Å²) in [7, 11) is 0. The molecule has 1 atom stereocenters. The Labute approximate surface area is 146 Å². The summed E-state index contributed by atoms with van der Waals surface area (Å²) in [6.07, 6.45) is 23.6. The van der Waals surface area contributed by atoms with E-state index in [0.717, 1.165) is 31.8 Å². The number of hydrogen-bond donors (Lipinski definition) is 2. The van der Waals surface area contributed by atoms with Crippen molar-refractivity contribution in [3.05, 3.63) is 48.6 Å². The minimum Gasteiger partial charge on any atom is -0.393 e. The van der Waals surface area contributed by atoms with E-state index >= 15 is 0 Å². The second-order valence-electron chi connectivity index (χ2n) is 5.76. The van der Waals surface area contributed by atoms with E-state index in [9.17, 15) is 9.90 Å². The third-order valence-corrected chi connectivity index (χ3v) is 3.57. The van der Waals surface area contributed by atoms with Crippen LogP contribution in [0.3, 0.4) is 0 Å². The molecule has 0 aromatic rings. The average molecular weight is 336 g/mol. The predicted octanol–water partition coefficient (Wildman–Crippen LogP) is 5.12. The Hall–Kier alpha value is -1.65. The van der Waals surface area contributed by atoms with Gasteiger partial charge in [-0.2, -0.15) is 5.26 Å². The van der Waals surface area contributed by atoms with Gasteiger partial charge in [-0.1, -0.05) is 88.0 Å². The summed E-state index contributed by atoms with van der Waals surface area (Å²) < 4.78 is 0. The highest BCUT2D eigenvalue weighted by atomic mass is 17.1. The molecule has 0 fully saturated rings. The maximum absolute atomic E-state index is 10.6. The molecule has 0 rings (SSSR count). The third kappa shape index (κ3) is 16.7. The molecule has 136 valence electrons. The molecular formula is C20H32O4. The van der Waals surface area contributed by atoms with Crippen molar-refractivity contribution in [3.63, 3.8) is 0 Å². The Morgan fingerprint density at radius 1 is 0.917 bits per heavy atom. The topological polar surface area (TPSA) is 66.8 Å². The van der Waals surface area contributed by atoms with Crippen molar-refractivity contribution in [1.29, 1.82) is 0 Å². The molecule has 1 unspecified atom stereocenters. The highest BCUT2D eigenvalue weighted by molar-refractivity contribution is 5.81. The van der Waals surface area contributed by atoms with Gasteiger partial charge in [0.05, 0.1) is 6.10 Å². The van der Waals surface area contributed by atoms with Gasteiger partial charge in [-0.3, -0.25) is 4.89 Å². The van der Waals surface area contributed by atoms with Crippen LogP contribution < -0.4 is 0 Å². The lowest BCUT2D eigenvalue weighted by Crippen LogP contribution is -2.05. The minimum absolute atomic E-state index is 0.193. The van der Waals surface area contributed by atoms with Crippen LogP contribution >= 0.6 is 0 Å². The zero-order valence-electron chi connectivity index (χ0n) is 14.8. The first kappa shape index (κ1) is 22.4. The Balaban J connectivity index is 3.59. The summed E-state index contributed by atoms with van der Waals surface area (Å²) in [5, 5.41) is 17.9. The van der Waals surface area contributed by atoms with Crippen LogP contribution in [0.5, 0.6) is 0 Å². The first-order valence-electron chi connectivity index (χ1n) is 8.90. The molecule has 0 aromatic carbocycles. The summed E-state index contributed by atoms with van der Waals surface area (Å²) in [5.74, 6) is -0.803. The first-order valence-corrected chi connectivity index (χ1v) is 8.90. The molecule has 0 aromatic heterocycles. The van der Waals surface area contributed by atoms with Gasteiger partial charge in [0.25, 0.3) is 0 Å². The molecule has 0 aliphatic heterocycles. The second kappa shape index (κ2) is 17.7. The molecule has 0 bridgehead atoms. The normalized spacial score (nSPS) is 13.6. The fraction of sp³-hybridized carbons (Fsp3) is 0.550. The van der Waals surface area contributed by atoms with Crippen LogP contribution in [0.4, 0.5) is 0 Å². The first-order chi connectivity index (χ1) is 11.7. The van der Waals surface area contributed by atoms with Crippen LogP contribution in [0.15, 0.2) is 48.6 Å². The number of hydrogen-bond acceptors (Lipinski definition) is 4. The molecule has 4 nitrogen and oxygen atoms in total. The summed E-state index contributed by atoms with van der Waals surface area (Å²) in [5.41, 5.74) is 0. The Morgan fingerprint density at radius 2 is 1.54 bits per heavy atom. The average Bonchev–Trinajstić information content (AvgIpc) is 2.59. The fourth-order valence-corrected chi connectivity index (χ4v) is 2.19. The van der Waals surface area contributed by atoms with E-state index in [2.05, 4.69) is 11.8 Å². The molecule has 0 saturated carbocycles. The zero-order chi connectivity index (χ0) is 17.9. The quantitative estimate of drug-likeness (QED) is 0.152. The highest BCUT2D eigenvalue weighted by Gasteiger charge is 2.01. The number of carbonyl (C=O) groups is 1. The molecule has 0 heterocycles. The second-order valence-corrected chi connectivity index (χ2v) is 5.76. The molecule has 0 amide bonds. The number of aliphatic hydroxyl groups excluding tert-OH is 1. The summed E-state index contributed by atoms with van der Waals surface area (Å²) in [6.45, 7) is 2.22. The molecule has 0 saturated heterocycles. The Kier molecular flexibility index (Phi) is 16.5. The van der Waals surface area contributed by atoms with E-state index < -0.39 is 5.97 Å². The van der Waals surface area contributed by atoms with E-state index in [0.29, 0.717) is 0 Å². The van der Waals surface area contributed by atoms with Gasteiger partial charge in [-0.05, 0) is 19.3 Å². The summed E-state index contributed by atoms with van der Waals surface area (Å²) >= 11 is 0. The highest BCUT2D eigenvalue weighted by Crippen LogP contribution is 2.11. The molecule has 4 heteroatoms. The van der Waals surface area contributed by atoms with E-state index in [1.54, 1.807) is 12.2 Å². The van der Waals surface area contributed by atoms with Gasteiger partial charge in [0.1, 0.15) is 0 Å². The molecule has 0 spiro atoms. The van der Waals surface area contributed by atoms with Gasteiger partial charge in [0, 0.05) is 6.08 Å². The third-order valence-electron chi connectivity index (χ3n) is 3.57. The molecule has 24 heavy (non-hydrogen) atoms. The van der Waals surface area contributed by atoms with Crippen molar-refractivity contribution in [1.82, 2.24) is 0 Å². The summed E-state index contributed by atoms with van der Waals surface area (Å²) in [6, 6.07) is 0. The van der Waals surface area contributed by atoms with Crippen LogP contribution in [0.25, 0.3) is 0 Å². The monoisotopic (exact) mass is 336 g/mol. The number of carbonyl (C=O) groups excluding carboxylic acids is 1. The van der Waals surface area contributed by atoms with Crippen LogP contribution in [0, 0.1) is 0 Å². The number of unbranched alkanes of at least 4 members (excludes halogenated alkanes) is 5. The van der Waals surface area contributed by atoms with Crippen LogP contribution in [0.1, 0.15) is 64.7 Å². The van der Waals surface area contributed by atoms with E-state index in [-0.39, 0.29) is 6.10 Å². The van der Waals surface area contributed by atoms with Crippen LogP contribution in [-0.4, -0.2) is 22.4 Å². The van der Waals surface area contributed by atoms with Crippen molar-refractivity contribution in [2.45, 2.75) is 70.8 Å². The lowest BCUT2D eigenvalue weighted by molar-refractivity contribution is -0.228. The van der Waals surface area contributed by atoms with Gasteiger partial charge in [-0.15, -0.1) is 0 Å². The van der Waals surface area contributed by atoms with Gasteiger partial charge in [0.15, 0.2) is 0 Å². The number of rotatable bonds is 14. The van der Waals surface area contributed by atoms with Crippen molar-refractivity contribution in [3.8, 4) is 0 Å². The lowest BCUT2D eigenvalue weighted by Gasteiger charge is -2.08. The van der Waals surface area contributed by atoms with Crippen molar-refractivity contribution in [2.24, 2.45) is 0 Å². The Bertz CT molecular complexity index is 408. The van der Waals surface area contributed by atoms with Gasteiger partial charge < -0.3 is 5.11 Å². The van der Waals surface area contributed by atoms with Crippen LogP contribution in [-0.2, 0) is 9.68 Å². The zero-order valence-corrected chi connectivity index (χ0v) is 14.8. The standard InChI is InChI=1S/C20H32O4/c1-2-3-4-5-10-13-16-19(21)17-14-11-8-6-7-9-12-15-18-20(22)24-23/h6-9,11-12,15,18-19,21,23H,2-5,10,13-14,16-17H2,1H3. The smallest absolute Gasteiger partial charge is 0.365 e. The molecular weight excluding hydrogens is 304 g/mol. The molecule has 2 N–H and O–H groups in total. The number of allylic oxidation sites excluding steroid dienone is 7. The maximum Gasteiger partial charge on any atom is 0.365 e. The van der Waals surface area contributed by atoms with E-state index in [1.165, 1.54) is 38.2 Å². The SMILES string of the molecule is CCCCCCCCC(O)CCC=CC=CC=CC=CC(=O)OO. The van der Waals surface area contributed by atoms with E-state index in [4.69, 9.17) is 5.26 Å². The fourth-order valence-electron chi connectivity index (χ4n) is 2.19. The summed E-state index contributed by atoms with van der Waals surface area (Å²) in [4.78, 5) is 14.0. The van der Waals surface area contributed by atoms with Gasteiger partial charge in [0.2, 0.25) is 0 Å². The Morgan fingerprint density at radius 3 is 2.25 bits per heavy atom. The van der Waals surface area contributed by atoms with Gasteiger partial charge >= 0.3 is 5.97 Å². The van der Waals surface area contributed by atoms with Gasteiger partial charge in [-0.25, -0.2) is 4.79 Å². The largest absolute Gasteiger partial charge is 0.393 e. The molecule has 0 aliphatic rings.